The highest BCUT2D eigenvalue weighted by atomic mass is 32.2. The van der Waals surface area contributed by atoms with Crippen LogP contribution in [0.25, 0.3) is 10.8 Å². The van der Waals surface area contributed by atoms with Gasteiger partial charge in [-0.25, -0.2) is 4.98 Å². The van der Waals surface area contributed by atoms with E-state index in [4.69, 9.17) is 0 Å². The Morgan fingerprint density at radius 3 is 2.78 bits per heavy atom. The number of benzene rings is 2. The number of thioether (sulfide) groups is 1. The summed E-state index contributed by atoms with van der Waals surface area (Å²) in [7, 11) is 0. The van der Waals surface area contributed by atoms with Crippen molar-refractivity contribution in [3.05, 3.63) is 70.1 Å². The van der Waals surface area contributed by atoms with E-state index in [0.29, 0.717) is 23.3 Å². The molecule has 6 nitrogen and oxygen atoms in total. The number of anilines is 1. The van der Waals surface area contributed by atoms with Gasteiger partial charge in [0, 0.05) is 23.6 Å². The first-order valence-corrected chi connectivity index (χ1v) is 9.69. The molecule has 2 aromatic carbocycles. The molecule has 3 amide bonds. The summed E-state index contributed by atoms with van der Waals surface area (Å²) in [6, 6.07) is 14.4. The summed E-state index contributed by atoms with van der Waals surface area (Å²) in [5.74, 6) is -1.05. The van der Waals surface area contributed by atoms with E-state index in [1.165, 1.54) is 27.7 Å². The van der Waals surface area contributed by atoms with Crippen molar-refractivity contribution < 1.29 is 14.4 Å². The molecule has 0 atom stereocenters. The first kappa shape index (κ1) is 17.4. The summed E-state index contributed by atoms with van der Waals surface area (Å²) in [6.07, 6.45) is 3.55. The third-order valence-corrected chi connectivity index (χ3v) is 5.66. The average molecular weight is 395 g/mol. The van der Waals surface area contributed by atoms with Gasteiger partial charge in [0.2, 0.25) is 0 Å². The van der Waals surface area contributed by atoms with Crippen molar-refractivity contribution in [2.45, 2.75) is 6.42 Å². The lowest BCUT2D eigenvalue weighted by Crippen LogP contribution is -2.18. The van der Waals surface area contributed by atoms with E-state index in [-0.39, 0.29) is 4.91 Å². The van der Waals surface area contributed by atoms with Gasteiger partial charge in [0.25, 0.3) is 17.1 Å². The number of carbonyl (C=O) groups is 3. The summed E-state index contributed by atoms with van der Waals surface area (Å²) in [5.41, 5.74) is 1.19. The number of hydrogen-bond donors (Lipinski definition) is 2. The first-order valence-electron chi connectivity index (χ1n) is 8.06. The van der Waals surface area contributed by atoms with Gasteiger partial charge in [0.05, 0.1) is 4.91 Å². The van der Waals surface area contributed by atoms with Crippen LogP contribution in [0, 0.1) is 0 Å². The molecule has 27 heavy (non-hydrogen) atoms. The van der Waals surface area contributed by atoms with Gasteiger partial charge in [-0.2, -0.15) is 0 Å². The molecule has 1 aliphatic rings. The number of nitrogens with zero attached hydrogens (tertiary/aromatic N) is 1. The number of carbonyl (C=O) groups excluding carboxylic acids is 3. The summed E-state index contributed by atoms with van der Waals surface area (Å²) in [6.45, 7) is 0. The Kier molecular flexibility index (Phi) is 4.74. The van der Waals surface area contributed by atoms with Gasteiger partial charge in [0.15, 0.2) is 5.13 Å². The van der Waals surface area contributed by atoms with Crippen LogP contribution in [-0.2, 0) is 16.0 Å². The van der Waals surface area contributed by atoms with Crippen LogP contribution in [0.15, 0.2) is 59.6 Å². The largest absolute Gasteiger partial charge is 0.298 e. The summed E-state index contributed by atoms with van der Waals surface area (Å²) in [5, 5.41) is 7.08. The van der Waals surface area contributed by atoms with E-state index in [0.717, 1.165) is 11.0 Å². The Labute approximate surface area is 162 Å². The number of rotatable bonds is 4. The number of thiazole rings is 1. The second-order valence-electron chi connectivity index (χ2n) is 5.79. The average Bonchev–Trinajstić information content (AvgIpc) is 3.21. The second-order valence-corrected chi connectivity index (χ2v) is 7.92. The minimum Gasteiger partial charge on any atom is -0.298 e. The van der Waals surface area contributed by atoms with E-state index >= 15 is 0 Å². The van der Waals surface area contributed by atoms with E-state index in [2.05, 4.69) is 39.9 Å². The van der Waals surface area contributed by atoms with E-state index in [1.807, 2.05) is 18.2 Å². The Morgan fingerprint density at radius 1 is 1.15 bits per heavy atom. The molecule has 134 valence electrons. The van der Waals surface area contributed by atoms with Crippen LogP contribution in [0.2, 0.25) is 0 Å². The maximum absolute atomic E-state index is 12.0. The van der Waals surface area contributed by atoms with Crippen molar-refractivity contribution in [2.24, 2.45) is 0 Å². The van der Waals surface area contributed by atoms with Crippen molar-refractivity contribution in [3.63, 3.8) is 0 Å². The van der Waals surface area contributed by atoms with Gasteiger partial charge in [-0.05, 0) is 28.1 Å². The number of fused-ring (bicyclic) bond motifs is 1. The van der Waals surface area contributed by atoms with Crippen LogP contribution in [0.3, 0.4) is 0 Å². The van der Waals surface area contributed by atoms with Gasteiger partial charge in [-0.1, -0.05) is 42.5 Å². The molecule has 4 rings (SSSR count). The molecule has 3 aromatic rings. The number of amides is 3. The molecule has 0 aliphatic carbocycles. The smallest absolute Gasteiger partial charge is 0.290 e. The molecule has 0 unspecified atom stereocenters. The van der Waals surface area contributed by atoms with Crippen LogP contribution in [0.4, 0.5) is 9.93 Å². The maximum Gasteiger partial charge on any atom is 0.290 e. The van der Waals surface area contributed by atoms with Gasteiger partial charge in [-0.15, -0.1) is 11.3 Å². The van der Waals surface area contributed by atoms with Crippen molar-refractivity contribution in [3.8, 4) is 0 Å². The van der Waals surface area contributed by atoms with Crippen LogP contribution < -0.4 is 10.6 Å². The van der Waals surface area contributed by atoms with Gasteiger partial charge < -0.3 is 0 Å². The molecule has 0 radical (unpaired) electrons. The Morgan fingerprint density at radius 2 is 1.96 bits per heavy atom. The summed E-state index contributed by atoms with van der Waals surface area (Å²) < 4.78 is 0. The fourth-order valence-electron chi connectivity index (χ4n) is 2.76. The highest BCUT2D eigenvalue weighted by molar-refractivity contribution is 8.18. The number of imide groups is 1. The van der Waals surface area contributed by atoms with Gasteiger partial charge in [0.1, 0.15) is 0 Å². The third kappa shape index (κ3) is 3.91. The molecule has 0 bridgehead atoms. The summed E-state index contributed by atoms with van der Waals surface area (Å²) in [4.78, 5) is 39.9. The van der Waals surface area contributed by atoms with Crippen molar-refractivity contribution >= 4 is 56.1 Å². The zero-order valence-electron chi connectivity index (χ0n) is 13.9. The minimum absolute atomic E-state index is 0.0741. The van der Waals surface area contributed by atoms with Gasteiger partial charge in [-0.3, -0.25) is 25.0 Å². The molecule has 1 saturated heterocycles. The molecule has 2 N–H and O–H groups in total. The molecule has 0 spiro atoms. The van der Waals surface area contributed by atoms with Crippen molar-refractivity contribution in [1.82, 2.24) is 10.3 Å². The zero-order valence-corrected chi connectivity index (χ0v) is 15.5. The fraction of sp³-hybridized carbons (Fsp3) is 0.0526. The van der Waals surface area contributed by atoms with Crippen LogP contribution in [-0.4, -0.2) is 22.0 Å². The molecular weight excluding hydrogens is 382 g/mol. The molecule has 1 fully saturated rings. The fourth-order valence-corrected chi connectivity index (χ4v) is 4.25. The number of aromatic nitrogens is 1. The Hall–Kier alpha value is -2.97. The zero-order chi connectivity index (χ0) is 18.8. The Bertz CT molecular complexity index is 1100. The number of nitrogens with one attached hydrogen (secondary N) is 2. The molecule has 0 saturated carbocycles. The molecule has 8 heteroatoms. The molecule has 1 aliphatic heterocycles. The predicted octanol–water partition coefficient (Wildman–Crippen LogP) is 3.69. The highest BCUT2D eigenvalue weighted by Gasteiger charge is 2.26. The first-order chi connectivity index (χ1) is 13.1. The predicted molar refractivity (Wildman–Crippen MR) is 107 cm³/mol. The molecular formula is C19H13N3O3S2. The standard InChI is InChI=1S/C19H13N3O3S2/c23-16(9-15-17(24)22-19(25)27-15)21-18-20-10-13(26-18)8-12-6-3-5-11-4-1-2-7-14(11)12/h1-7,9-10H,8H2,(H,20,21,23)(H,22,24,25)/b15-9+. The number of hydrogen-bond acceptors (Lipinski definition) is 6. The van der Waals surface area contributed by atoms with Gasteiger partial charge >= 0.3 is 0 Å². The van der Waals surface area contributed by atoms with E-state index < -0.39 is 17.1 Å². The molecule has 2 heterocycles. The maximum atomic E-state index is 12.0. The van der Waals surface area contributed by atoms with E-state index in [1.54, 1.807) is 6.20 Å². The topological polar surface area (TPSA) is 88.2 Å². The second kappa shape index (κ2) is 7.34. The van der Waals surface area contributed by atoms with Crippen molar-refractivity contribution in [2.75, 3.05) is 5.32 Å². The normalized spacial score (nSPS) is 15.3. The van der Waals surface area contributed by atoms with Crippen LogP contribution >= 0.6 is 23.1 Å². The van der Waals surface area contributed by atoms with Crippen LogP contribution in [0.1, 0.15) is 10.4 Å². The third-order valence-electron chi connectivity index (χ3n) is 3.93. The molecule has 1 aromatic heterocycles. The Balaban J connectivity index is 1.47. The van der Waals surface area contributed by atoms with Crippen molar-refractivity contribution in [1.29, 1.82) is 0 Å². The SMILES string of the molecule is O=C(/C=C1/SC(=O)NC1=O)Nc1ncc(Cc2cccc3ccccc23)s1. The van der Waals surface area contributed by atoms with Crippen LogP contribution in [0.5, 0.6) is 0 Å². The van der Waals surface area contributed by atoms with E-state index in [9.17, 15) is 14.4 Å². The quantitative estimate of drug-likeness (QED) is 0.658. The highest BCUT2D eigenvalue weighted by Crippen LogP contribution is 2.26. The minimum atomic E-state index is -0.559. The summed E-state index contributed by atoms with van der Waals surface area (Å²) >= 11 is 2.08. The lowest BCUT2D eigenvalue weighted by Gasteiger charge is -2.04. The lowest BCUT2D eigenvalue weighted by molar-refractivity contribution is -0.116. The monoisotopic (exact) mass is 395 g/mol. The lowest BCUT2D eigenvalue weighted by atomic mass is 10.0.